The molecule has 27 heavy (non-hydrogen) atoms. The van der Waals surface area contributed by atoms with Crippen LogP contribution in [0, 0.1) is 0 Å². The minimum atomic E-state index is -0.293. The molecule has 0 spiro atoms. The summed E-state index contributed by atoms with van der Waals surface area (Å²) >= 11 is 8.04. The molecule has 0 aromatic carbocycles. The molecular formula is C16H17ClIN4O4P. The fraction of sp³-hybridized carbons (Fsp3) is 0.250. The molecule has 2 aromatic heterocycles. The number of amides is 2. The van der Waals surface area contributed by atoms with Gasteiger partial charge in [-0.3, -0.25) is 14.6 Å². The monoisotopic (exact) mass is 522 g/mol. The highest BCUT2D eigenvalue weighted by atomic mass is 127. The van der Waals surface area contributed by atoms with Gasteiger partial charge in [-0.25, -0.2) is 4.98 Å². The van der Waals surface area contributed by atoms with Crippen LogP contribution in [-0.4, -0.2) is 47.4 Å². The first-order chi connectivity index (χ1) is 13.0. The first-order valence-corrected chi connectivity index (χ1v) is 12.2. The fourth-order valence-electron chi connectivity index (χ4n) is 2.14. The van der Waals surface area contributed by atoms with Crippen molar-refractivity contribution in [3.63, 3.8) is 0 Å². The molecule has 8 nitrogen and oxygen atoms in total. The Morgan fingerprint density at radius 2 is 2.15 bits per heavy atom. The van der Waals surface area contributed by atoms with Crippen molar-refractivity contribution in [1.82, 2.24) is 14.9 Å². The van der Waals surface area contributed by atoms with Crippen LogP contribution in [0.1, 0.15) is 16.8 Å². The third kappa shape index (κ3) is 6.84. The average molecular weight is 523 g/mol. The zero-order chi connectivity index (χ0) is 19.6. The highest BCUT2D eigenvalue weighted by Gasteiger charge is 2.18. The predicted octanol–water partition coefficient (Wildman–Crippen LogP) is 3.91. The van der Waals surface area contributed by atoms with Crippen molar-refractivity contribution >= 4 is 58.2 Å². The molecule has 0 saturated carbocycles. The Balaban J connectivity index is 2.18. The zero-order valence-electron chi connectivity index (χ0n) is 14.3. The van der Waals surface area contributed by atoms with E-state index in [-0.39, 0.29) is 17.3 Å². The second-order valence-electron chi connectivity index (χ2n) is 5.28. The number of pyridine rings is 2. The summed E-state index contributed by atoms with van der Waals surface area (Å²) in [6.45, 7) is 1.46. The van der Waals surface area contributed by atoms with Crippen LogP contribution in [0.3, 0.4) is 0 Å². The molecule has 1 atom stereocenters. The van der Waals surface area contributed by atoms with E-state index in [0.29, 0.717) is 49.0 Å². The van der Waals surface area contributed by atoms with E-state index in [0.717, 1.165) is 0 Å². The van der Waals surface area contributed by atoms with E-state index >= 15 is 0 Å². The summed E-state index contributed by atoms with van der Waals surface area (Å²) in [5, 5.41) is 2.86. The standard InChI is InChI=1S/C16H17ClIN4O4P/c1-22(3-2-4-25-27-18)16(24)14-6-13(9-20-15(14)21-10-23)26-12-5-11(17)7-19-8-12/h5-10,27H,2-4H2,1H3,(H,20,21,23). The van der Waals surface area contributed by atoms with Crippen molar-refractivity contribution in [1.29, 1.82) is 0 Å². The lowest BCUT2D eigenvalue weighted by molar-refractivity contribution is -0.105. The van der Waals surface area contributed by atoms with Crippen molar-refractivity contribution in [3.8, 4) is 11.5 Å². The molecule has 0 aliphatic rings. The molecule has 0 bridgehead atoms. The van der Waals surface area contributed by atoms with E-state index in [9.17, 15) is 9.59 Å². The van der Waals surface area contributed by atoms with Gasteiger partial charge in [0.05, 0.1) is 36.0 Å². The van der Waals surface area contributed by atoms with Crippen LogP contribution < -0.4 is 10.1 Å². The van der Waals surface area contributed by atoms with Crippen LogP contribution in [0.5, 0.6) is 11.5 Å². The molecular weight excluding hydrogens is 506 g/mol. The number of nitrogens with zero attached hydrogens (tertiary/aromatic N) is 3. The molecule has 1 unspecified atom stereocenters. The van der Waals surface area contributed by atoms with Crippen molar-refractivity contribution in [2.75, 3.05) is 25.5 Å². The van der Waals surface area contributed by atoms with E-state index in [1.165, 1.54) is 29.6 Å². The number of nitrogens with one attached hydrogen (secondary N) is 1. The molecule has 0 aliphatic carbocycles. The second-order valence-corrected chi connectivity index (χ2v) is 7.48. The maximum atomic E-state index is 12.8. The lowest BCUT2D eigenvalue weighted by Gasteiger charge is -2.19. The number of rotatable bonds is 10. The molecule has 1 N–H and O–H groups in total. The van der Waals surface area contributed by atoms with Crippen molar-refractivity contribution in [2.45, 2.75) is 6.42 Å². The lowest BCUT2D eigenvalue weighted by atomic mass is 10.2. The molecule has 2 rings (SSSR count). The quantitative estimate of drug-likeness (QED) is 0.220. The number of hydrogen-bond donors (Lipinski definition) is 1. The lowest BCUT2D eigenvalue weighted by Crippen LogP contribution is -2.29. The van der Waals surface area contributed by atoms with Gasteiger partial charge in [-0.2, -0.15) is 0 Å². The van der Waals surface area contributed by atoms with Gasteiger partial charge in [-0.05, 0) is 34.5 Å². The van der Waals surface area contributed by atoms with E-state index in [1.807, 2.05) is 0 Å². The second kappa shape index (κ2) is 11.3. The third-order valence-corrected chi connectivity index (χ3v) is 4.80. The van der Waals surface area contributed by atoms with Crippen molar-refractivity contribution < 1.29 is 18.8 Å². The van der Waals surface area contributed by atoms with Gasteiger partial charge in [0.25, 0.3) is 5.91 Å². The normalized spacial score (nSPS) is 10.8. The van der Waals surface area contributed by atoms with Crippen molar-refractivity contribution in [3.05, 3.63) is 41.3 Å². The third-order valence-electron chi connectivity index (χ3n) is 3.35. The fourth-order valence-corrected chi connectivity index (χ4v) is 3.19. The summed E-state index contributed by atoms with van der Waals surface area (Å²) in [6, 6.07) is 3.11. The Kier molecular flexibility index (Phi) is 9.12. The number of halogens is 2. The van der Waals surface area contributed by atoms with E-state index in [4.69, 9.17) is 20.9 Å². The van der Waals surface area contributed by atoms with Gasteiger partial charge in [0.15, 0.2) is 0 Å². The van der Waals surface area contributed by atoms with Gasteiger partial charge < -0.3 is 19.5 Å². The van der Waals surface area contributed by atoms with Gasteiger partial charge in [0.2, 0.25) is 6.41 Å². The molecule has 2 amide bonds. The van der Waals surface area contributed by atoms with E-state index < -0.39 is 0 Å². The largest absolute Gasteiger partial charge is 0.454 e. The SMILES string of the molecule is CN(CCCOPI)C(=O)c1cc(Oc2cncc(Cl)c2)cnc1NC=O. The predicted molar refractivity (Wildman–Crippen MR) is 113 cm³/mol. The molecule has 11 heteroatoms. The Bertz CT molecular complexity index is 799. The number of aromatic nitrogens is 2. The van der Waals surface area contributed by atoms with Crippen LogP contribution in [-0.2, 0) is 9.32 Å². The van der Waals surface area contributed by atoms with Crippen LogP contribution >= 0.6 is 40.1 Å². The first-order valence-electron chi connectivity index (χ1n) is 7.76. The maximum absolute atomic E-state index is 12.8. The molecule has 0 radical (unpaired) electrons. The highest BCUT2D eigenvalue weighted by molar-refractivity contribution is 14.2. The van der Waals surface area contributed by atoms with Crippen LogP contribution in [0.4, 0.5) is 5.82 Å². The van der Waals surface area contributed by atoms with Gasteiger partial charge in [-0.15, -0.1) is 0 Å². The average Bonchev–Trinajstić information content (AvgIpc) is 2.66. The Hall–Kier alpha value is -1.55. The molecule has 0 fully saturated rings. The zero-order valence-corrected chi connectivity index (χ0v) is 18.2. The summed E-state index contributed by atoms with van der Waals surface area (Å²) in [6.07, 6.45) is 5.54. The molecule has 2 heterocycles. The summed E-state index contributed by atoms with van der Waals surface area (Å²) in [7, 11) is 1.67. The van der Waals surface area contributed by atoms with Crippen LogP contribution in [0.2, 0.25) is 5.02 Å². The van der Waals surface area contributed by atoms with Gasteiger partial charge in [0.1, 0.15) is 17.3 Å². The van der Waals surface area contributed by atoms with E-state index in [2.05, 4.69) is 37.3 Å². The first kappa shape index (κ1) is 21.7. The van der Waals surface area contributed by atoms with Gasteiger partial charge >= 0.3 is 0 Å². The summed E-state index contributed by atoms with van der Waals surface area (Å²) in [4.78, 5) is 33.2. The van der Waals surface area contributed by atoms with E-state index in [1.54, 1.807) is 13.1 Å². The molecule has 2 aromatic rings. The molecule has 0 aliphatic heterocycles. The number of carbonyl (C=O) groups excluding carboxylic acids is 2. The molecule has 0 saturated heterocycles. The molecule has 144 valence electrons. The highest BCUT2D eigenvalue weighted by Crippen LogP contribution is 2.26. The van der Waals surface area contributed by atoms with Crippen molar-refractivity contribution in [2.24, 2.45) is 0 Å². The van der Waals surface area contributed by atoms with Gasteiger partial charge in [0, 0.05) is 25.9 Å². The summed E-state index contributed by atoms with van der Waals surface area (Å²) < 4.78 is 11.0. The number of carbonyl (C=O) groups is 2. The summed E-state index contributed by atoms with van der Waals surface area (Å²) in [5.74, 6) is 0.590. The Morgan fingerprint density at radius 1 is 1.37 bits per heavy atom. The maximum Gasteiger partial charge on any atom is 0.257 e. The number of hydrogen-bond acceptors (Lipinski definition) is 6. The topological polar surface area (TPSA) is 93.7 Å². The van der Waals surface area contributed by atoms with Crippen LogP contribution in [0.15, 0.2) is 30.7 Å². The number of ether oxygens (including phenoxy) is 1. The summed E-state index contributed by atoms with van der Waals surface area (Å²) in [5.41, 5.74) is 0.216. The smallest absolute Gasteiger partial charge is 0.257 e. The number of anilines is 1. The minimum Gasteiger partial charge on any atom is -0.454 e. The Labute approximate surface area is 176 Å². The van der Waals surface area contributed by atoms with Gasteiger partial charge in [-0.1, -0.05) is 11.6 Å². The minimum absolute atomic E-state index is 0.156. The van der Waals surface area contributed by atoms with Crippen LogP contribution in [0.25, 0.3) is 0 Å². The Morgan fingerprint density at radius 3 is 2.85 bits per heavy atom.